The van der Waals surface area contributed by atoms with Gasteiger partial charge in [-0.25, -0.2) is 14.3 Å². The number of anilines is 6. The third kappa shape index (κ3) is 6.60. The summed E-state index contributed by atoms with van der Waals surface area (Å²) >= 11 is 0. The quantitative estimate of drug-likeness (QED) is 0.141. The average molecular weight is 700 g/mol. The van der Waals surface area contributed by atoms with Crippen LogP contribution in [0.4, 0.5) is 34.1 Å². The molecule has 0 aliphatic heterocycles. The average Bonchev–Trinajstić information content (AvgIpc) is 3.95. The molecule has 0 amide bonds. The zero-order chi connectivity index (χ0) is 36.1. The molecule has 9 heteroatoms. The van der Waals surface area contributed by atoms with Crippen molar-refractivity contribution in [1.29, 1.82) is 0 Å². The maximum Gasteiger partial charge on any atom is 0.131 e. The van der Waals surface area contributed by atoms with Gasteiger partial charge in [0.15, 0.2) is 0 Å². The molecule has 6 aromatic carbocycles. The number of nitrogens with zero attached hydrogens (tertiary/aromatic N) is 9. The first-order chi connectivity index (χ1) is 26.8. The van der Waals surface area contributed by atoms with Crippen molar-refractivity contribution in [2.45, 2.75) is 0 Å². The fraction of sp³-hybridized carbons (Fsp3) is 0. The molecular weight excluding hydrogens is 667 g/mol. The van der Waals surface area contributed by atoms with E-state index < -0.39 is 0 Å². The molecule has 258 valence electrons. The molecule has 0 N–H and O–H groups in total. The highest BCUT2D eigenvalue weighted by Crippen LogP contribution is 2.36. The lowest BCUT2D eigenvalue weighted by Gasteiger charge is -2.25. The summed E-state index contributed by atoms with van der Waals surface area (Å²) in [7, 11) is 0. The van der Waals surface area contributed by atoms with Gasteiger partial charge < -0.3 is 9.80 Å². The molecule has 9 rings (SSSR count). The lowest BCUT2D eigenvalue weighted by molar-refractivity contribution is 0.803. The first-order valence-electron chi connectivity index (χ1n) is 17.6. The lowest BCUT2D eigenvalue weighted by atomic mass is 10.2. The van der Waals surface area contributed by atoms with Crippen LogP contribution < -0.4 is 9.80 Å². The number of hydrogen-bond acceptors (Lipinski definition) is 7. The Morgan fingerprint density at radius 3 is 0.944 bits per heavy atom. The first-order valence-corrected chi connectivity index (χ1v) is 17.6. The monoisotopic (exact) mass is 699 g/mol. The molecule has 0 saturated carbocycles. The molecule has 0 aliphatic carbocycles. The van der Waals surface area contributed by atoms with Gasteiger partial charge >= 0.3 is 0 Å². The van der Waals surface area contributed by atoms with Crippen molar-refractivity contribution in [3.63, 3.8) is 0 Å². The Bertz CT molecular complexity index is 2330. The molecule has 0 bridgehead atoms. The Hall–Kier alpha value is -7.65. The van der Waals surface area contributed by atoms with Crippen molar-refractivity contribution in [2.24, 2.45) is 0 Å². The van der Waals surface area contributed by atoms with Crippen molar-refractivity contribution >= 4 is 34.1 Å². The fourth-order valence-electron chi connectivity index (χ4n) is 6.45. The molecule has 0 fully saturated rings. The summed E-state index contributed by atoms with van der Waals surface area (Å²) in [6.07, 6.45) is 3.78. The van der Waals surface area contributed by atoms with Crippen molar-refractivity contribution in [1.82, 2.24) is 35.0 Å². The molecule has 3 aromatic heterocycles. The fourth-order valence-corrected chi connectivity index (χ4v) is 6.45. The molecule has 0 unspecified atom stereocenters. The Kier molecular flexibility index (Phi) is 8.68. The molecule has 9 aromatic rings. The molecule has 0 atom stereocenters. The first kappa shape index (κ1) is 32.3. The van der Waals surface area contributed by atoms with Crippen LogP contribution in [-0.2, 0) is 0 Å². The summed E-state index contributed by atoms with van der Waals surface area (Å²) in [6, 6.07) is 63.7. The normalized spacial score (nSPS) is 11.0. The lowest BCUT2D eigenvalue weighted by Crippen LogP contribution is -2.09. The molecule has 3 heterocycles. The largest absolute Gasteiger partial charge is 0.311 e. The Morgan fingerprint density at radius 1 is 0.296 bits per heavy atom. The van der Waals surface area contributed by atoms with Crippen molar-refractivity contribution < 1.29 is 0 Å². The van der Waals surface area contributed by atoms with Gasteiger partial charge in [0.2, 0.25) is 0 Å². The number of pyridine rings is 1. The second-order valence-corrected chi connectivity index (χ2v) is 12.6. The van der Waals surface area contributed by atoms with Gasteiger partial charge in [0.25, 0.3) is 0 Å². The van der Waals surface area contributed by atoms with Crippen LogP contribution in [0, 0.1) is 0 Å². The summed E-state index contributed by atoms with van der Waals surface area (Å²) in [5.74, 6) is 0. The molecule has 54 heavy (non-hydrogen) atoms. The second-order valence-electron chi connectivity index (χ2n) is 12.6. The standard InChI is InChI=1S/C45H33N9/c1-5-14-36(15-6-1)53(37-16-7-2-8-17-37)40-28-24-34(25-29-40)51-32-44(47-49-51)42-22-13-23-43(46-42)45-33-52(50-48-45)35-26-30-41(31-27-35)54(38-18-9-3-10-19-38)39-20-11-4-12-21-39/h1-33H. The van der Waals surface area contributed by atoms with Crippen molar-refractivity contribution in [3.05, 3.63) is 200 Å². The highest BCUT2D eigenvalue weighted by Gasteiger charge is 2.15. The summed E-state index contributed by atoms with van der Waals surface area (Å²) in [5.41, 5.74) is 10.9. The van der Waals surface area contributed by atoms with Crippen LogP contribution in [-0.4, -0.2) is 35.0 Å². The zero-order valence-electron chi connectivity index (χ0n) is 29.1. The van der Waals surface area contributed by atoms with Crippen LogP contribution in [0.1, 0.15) is 0 Å². The maximum atomic E-state index is 4.89. The van der Waals surface area contributed by atoms with E-state index in [4.69, 9.17) is 4.98 Å². The molecular formula is C45H33N9. The number of aromatic nitrogens is 7. The van der Waals surface area contributed by atoms with Gasteiger partial charge in [-0.15, -0.1) is 10.2 Å². The van der Waals surface area contributed by atoms with Gasteiger partial charge in [0, 0.05) is 34.1 Å². The van der Waals surface area contributed by atoms with Gasteiger partial charge in [-0.05, 0) is 109 Å². The number of benzene rings is 6. The van der Waals surface area contributed by atoms with E-state index in [1.54, 1.807) is 9.36 Å². The van der Waals surface area contributed by atoms with Gasteiger partial charge in [-0.3, -0.25) is 0 Å². The van der Waals surface area contributed by atoms with Gasteiger partial charge in [0.05, 0.1) is 35.2 Å². The highest BCUT2D eigenvalue weighted by molar-refractivity contribution is 5.78. The third-order valence-electron chi connectivity index (χ3n) is 9.06. The van der Waals surface area contributed by atoms with E-state index in [-0.39, 0.29) is 0 Å². The third-order valence-corrected chi connectivity index (χ3v) is 9.06. The molecule has 0 aliphatic rings. The predicted octanol–water partition coefficient (Wildman–Crippen LogP) is 10.5. The zero-order valence-corrected chi connectivity index (χ0v) is 29.1. The summed E-state index contributed by atoms with van der Waals surface area (Å²) in [5, 5.41) is 17.8. The Morgan fingerprint density at radius 2 is 0.611 bits per heavy atom. The molecule has 9 nitrogen and oxygen atoms in total. The minimum absolute atomic E-state index is 0.653. The van der Waals surface area contributed by atoms with E-state index in [0.717, 1.165) is 45.5 Å². The van der Waals surface area contributed by atoms with E-state index in [0.29, 0.717) is 22.8 Å². The summed E-state index contributed by atoms with van der Waals surface area (Å²) < 4.78 is 3.53. The molecule has 0 radical (unpaired) electrons. The maximum absolute atomic E-state index is 4.89. The van der Waals surface area contributed by atoms with E-state index >= 15 is 0 Å². The number of rotatable bonds is 10. The minimum Gasteiger partial charge on any atom is -0.311 e. The second kappa shape index (κ2) is 14.5. The van der Waals surface area contributed by atoms with E-state index in [2.05, 4.69) is 103 Å². The Balaban J connectivity index is 0.935. The van der Waals surface area contributed by atoms with Crippen molar-refractivity contribution in [3.8, 4) is 34.2 Å². The highest BCUT2D eigenvalue weighted by atomic mass is 15.4. The smallest absolute Gasteiger partial charge is 0.131 e. The van der Waals surface area contributed by atoms with E-state index in [9.17, 15) is 0 Å². The van der Waals surface area contributed by atoms with Crippen LogP contribution in [0.25, 0.3) is 34.2 Å². The van der Waals surface area contributed by atoms with Crippen LogP contribution in [0.2, 0.25) is 0 Å². The minimum atomic E-state index is 0.653. The van der Waals surface area contributed by atoms with Crippen LogP contribution >= 0.6 is 0 Å². The summed E-state index contributed by atoms with van der Waals surface area (Å²) in [6.45, 7) is 0. The molecule has 0 saturated heterocycles. The van der Waals surface area contributed by atoms with E-state index in [1.807, 2.05) is 128 Å². The van der Waals surface area contributed by atoms with Gasteiger partial charge in [-0.2, -0.15) is 0 Å². The summed E-state index contributed by atoms with van der Waals surface area (Å²) in [4.78, 5) is 9.34. The molecule has 0 spiro atoms. The van der Waals surface area contributed by atoms with Crippen LogP contribution in [0.3, 0.4) is 0 Å². The number of para-hydroxylation sites is 4. The number of hydrogen-bond donors (Lipinski definition) is 0. The Labute approximate surface area is 312 Å². The van der Waals surface area contributed by atoms with Crippen LogP contribution in [0.15, 0.2) is 200 Å². The van der Waals surface area contributed by atoms with Crippen LogP contribution in [0.5, 0.6) is 0 Å². The van der Waals surface area contributed by atoms with Gasteiger partial charge in [-0.1, -0.05) is 89.3 Å². The van der Waals surface area contributed by atoms with Crippen molar-refractivity contribution in [2.75, 3.05) is 9.80 Å². The van der Waals surface area contributed by atoms with E-state index in [1.165, 1.54) is 0 Å². The SMILES string of the molecule is c1ccc(N(c2ccccc2)c2ccc(-n3cc(-c4cccc(-c5cn(-c6ccc(N(c7ccccc7)c7ccccc7)cc6)nn5)n4)nn3)cc2)cc1. The van der Waals surface area contributed by atoms with Gasteiger partial charge in [0.1, 0.15) is 11.4 Å². The topological polar surface area (TPSA) is 80.8 Å². The predicted molar refractivity (Wildman–Crippen MR) is 214 cm³/mol.